The molecule has 1 N–H and O–H groups in total. The van der Waals surface area contributed by atoms with Crippen molar-refractivity contribution in [2.45, 2.75) is 50.7 Å². The van der Waals surface area contributed by atoms with Crippen molar-refractivity contribution in [2.75, 3.05) is 6.61 Å². The van der Waals surface area contributed by atoms with Gasteiger partial charge in [0.05, 0.1) is 18.8 Å². The molecule has 1 fully saturated rings. The Balaban J connectivity index is 1.91. The van der Waals surface area contributed by atoms with Crippen molar-refractivity contribution >= 4 is 0 Å². The molecule has 17 heavy (non-hydrogen) atoms. The average molecular weight is 234 g/mol. The van der Waals surface area contributed by atoms with Crippen molar-refractivity contribution in [1.29, 1.82) is 0 Å². The van der Waals surface area contributed by atoms with E-state index in [1.807, 2.05) is 18.2 Å². The van der Waals surface area contributed by atoms with Gasteiger partial charge in [-0.3, -0.25) is 0 Å². The van der Waals surface area contributed by atoms with Gasteiger partial charge in [-0.15, -0.1) is 0 Å². The third-order valence-corrected chi connectivity index (χ3v) is 3.58. The van der Waals surface area contributed by atoms with Crippen LogP contribution in [-0.2, 0) is 4.74 Å². The molecule has 0 aromatic heterocycles. The highest BCUT2D eigenvalue weighted by atomic mass is 16.5. The number of hydrogen-bond donors (Lipinski definition) is 1. The Bertz CT molecular complexity index is 323. The van der Waals surface area contributed by atoms with Crippen molar-refractivity contribution in [3.63, 3.8) is 0 Å². The molecule has 1 aromatic rings. The fourth-order valence-electron chi connectivity index (χ4n) is 2.50. The number of benzene rings is 1. The van der Waals surface area contributed by atoms with E-state index in [1.165, 1.54) is 5.56 Å². The molecule has 1 aliphatic heterocycles. The highest BCUT2D eigenvalue weighted by Crippen LogP contribution is 2.30. The maximum absolute atomic E-state index is 10.1. The Morgan fingerprint density at radius 2 is 2.06 bits per heavy atom. The van der Waals surface area contributed by atoms with E-state index in [0.29, 0.717) is 5.92 Å². The third-order valence-electron chi connectivity index (χ3n) is 3.58. The number of aliphatic hydroxyl groups excluding tert-OH is 1. The van der Waals surface area contributed by atoms with Crippen LogP contribution in [0.1, 0.15) is 44.1 Å². The molecule has 3 atom stereocenters. The molecule has 2 rings (SSSR count). The lowest BCUT2D eigenvalue weighted by atomic mass is 9.88. The van der Waals surface area contributed by atoms with E-state index >= 15 is 0 Å². The van der Waals surface area contributed by atoms with Crippen molar-refractivity contribution in [3.8, 4) is 0 Å². The first-order valence-corrected chi connectivity index (χ1v) is 6.66. The monoisotopic (exact) mass is 234 g/mol. The van der Waals surface area contributed by atoms with Gasteiger partial charge in [-0.1, -0.05) is 50.1 Å². The second kappa shape index (κ2) is 6.18. The quantitative estimate of drug-likeness (QED) is 0.867. The molecule has 2 nitrogen and oxygen atoms in total. The summed E-state index contributed by atoms with van der Waals surface area (Å²) in [5, 5.41) is 10.1. The molecule has 0 bridgehead atoms. The van der Waals surface area contributed by atoms with Crippen LogP contribution in [0.25, 0.3) is 0 Å². The second-order valence-electron chi connectivity index (χ2n) is 4.92. The summed E-state index contributed by atoms with van der Waals surface area (Å²) < 4.78 is 5.81. The highest BCUT2D eigenvalue weighted by molar-refractivity contribution is 5.20. The van der Waals surface area contributed by atoms with E-state index in [1.54, 1.807) is 0 Å². The summed E-state index contributed by atoms with van der Waals surface area (Å²) in [6, 6.07) is 10.4. The first-order chi connectivity index (χ1) is 8.31. The van der Waals surface area contributed by atoms with Crippen LogP contribution in [0.4, 0.5) is 0 Å². The van der Waals surface area contributed by atoms with E-state index < -0.39 is 0 Å². The lowest BCUT2D eigenvalue weighted by Crippen LogP contribution is -2.37. The Labute approximate surface area is 104 Å². The van der Waals surface area contributed by atoms with Gasteiger partial charge in [-0.05, 0) is 18.4 Å². The van der Waals surface area contributed by atoms with Crippen LogP contribution >= 0.6 is 0 Å². The molecule has 0 spiro atoms. The molecule has 0 amide bonds. The number of hydrogen-bond acceptors (Lipinski definition) is 2. The average Bonchev–Trinajstić information content (AvgIpc) is 2.38. The second-order valence-corrected chi connectivity index (χ2v) is 4.92. The Morgan fingerprint density at radius 3 is 2.71 bits per heavy atom. The summed E-state index contributed by atoms with van der Waals surface area (Å²) in [6.07, 6.45) is 3.86. The first kappa shape index (κ1) is 12.6. The molecular formula is C15H22O2. The van der Waals surface area contributed by atoms with Gasteiger partial charge in [0.1, 0.15) is 0 Å². The van der Waals surface area contributed by atoms with Crippen LogP contribution in [-0.4, -0.2) is 23.9 Å². The normalized spacial score (nSPS) is 29.2. The van der Waals surface area contributed by atoms with Gasteiger partial charge in [0.15, 0.2) is 0 Å². The molecule has 1 aliphatic rings. The van der Waals surface area contributed by atoms with Gasteiger partial charge in [-0.25, -0.2) is 0 Å². The topological polar surface area (TPSA) is 29.5 Å². The first-order valence-electron chi connectivity index (χ1n) is 6.66. The number of aliphatic hydroxyl groups is 1. The zero-order chi connectivity index (χ0) is 12.1. The number of unbranched alkanes of at least 4 members (excludes halogenated alkanes) is 1. The minimum atomic E-state index is -0.305. The zero-order valence-electron chi connectivity index (χ0n) is 10.5. The van der Waals surface area contributed by atoms with Crippen LogP contribution in [0.15, 0.2) is 30.3 Å². The summed E-state index contributed by atoms with van der Waals surface area (Å²) in [5.41, 5.74) is 1.28. The summed E-state index contributed by atoms with van der Waals surface area (Å²) in [7, 11) is 0. The molecule has 0 saturated carbocycles. The van der Waals surface area contributed by atoms with E-state index in [4.69, 9.17) is 4.74 Å². The van der Waals surface area contributed by atoms with Gasteiger partial charge >= 0.3 is 0 Å². The lowest BCUT2D eigenvalue weighted by molar-refractivity contribution is -0.0868. The smallest absolute Gasteiger partial charge is 0.0834 e. The molecule has 1 saturated heterocycles. The lowest BCUT2D eigenvalue weighted by Gasteiger charge is -2.33. The summed E-state index contributed by atoms with van der Waals surface area (Å²) in [4.78, 5) is 0. The van der Waals surface area contributed by atoms with Gasteiger partial charge in [-0.2, -0.15) is 0 Å². The fraction of sp³-hybridized carbons (Fsp3) is 0.600. The predicted octanol–water partition coefficient (Wildman–Crippen LogP) is 3.11. The molecular weight excluding hydrogens is 212 g/mol. The molecule has 1 heterocycles. The molecule has 1 unspecified atom stereocenters. The zero-order valence-corrected chi connectivity index (χ0v) is 10.5. The SMILES string of the molecule is CCCC[C@H]1OCC(c2ccccc2)C[C@@H]1O. The van der Waals surface area contributed by atoms with Gasteiger partial charge < -0.3 is 9.84 Å². The minimum Gasteiger partial charge on any atom is -0.390 e. The van der Waals surface area contributed by atoms with Crippen LogP contribution in [0.3, 0.4) is 0 Å². The number of ether oxygens (including phenoxy) is 1. The van der Waals surface area contributed by atoms with E-state index in [-0.39, 0.29) is 12.2 Å². The highest BCUT2D eigenvalue weighted by Gasteiger charge is 2.29. The van der Waals surface area contributed by atoms with Crippen molar-refractivity contribution < 1.29 is 9.84 Å². The summed E-state index contributed by atoms with van der Waals surface area (Å²) >= 11 is 0. The molecule has 0 aliphatic carbocycles. The van der Waals surface area contributed by atoms with Crippen LogP contribution in [0.5, 0.6) is 0 Å². The van der Waals surface area contributed by atoms with Gasteiger partial charge in [0, 0.05) is 5.92 Å². The fourth-order valence-corrected chi connectivity index (χ4v) is 2.50. The van der Waals surface area contributed by atoms with E-state index in [2.05, 4.69) is 19.1 Å². The summed E-state index contributed by atoms with van der Waals surface area (Å²) in [6.45, 7) is 2.91. The van der Waals surface area contributed by atoms with Crippen LogP contribution in [0.2, 0.25) is 0 Å². The largest absolute Gasteiger partial charge is 0.390 e. The Morgan fingerprint density at radius 1 is 1.29 bits per heavy atom. The van der Waals surface area contributed by atoms with Crippen LogP contribution in [0, 0.1) is 0 Å². The summed E-state index contributed by atoms with van der Waals surface area (Å²) in [5.74, 6) is 0.351. The third kappa shape index (κ3) is 3.30. The Kier molecular flexibility index (Phi) is 4.57. The van der Waals surface area contributed by atoms with Gasteiger partial charge in [0.2, 0.25) is 0 Å². The van der Waals surface area contributed by atoms with Crippen molar-refractivity contribution in [3.05, 3.63) is 35.9 Å². The maximum Gasteiger partial charge on any atom is 0.0834 e. The molecule has 2 heteroatoms. The van der Waals surface area contributed by atoms with Crippen molar-refractivity contribution in [2.24, 2.45) is 0 Å². The van der Waals surface area contributed by atoms with Crippen molar-refractivity contribution in [1.82, 2.24) is 0 Å². The number of rotatable bonds is 4. The van der Waals surface area contributed by atoms with E-state index in [0.717, 1.165) is 32.3 Å². The van der Waals surface area contributed by atoms with Crippen LogP contribution < -0.4 is 0 Å². The standard InChI is InChI=1S/C15H22O2/c1-2-3-9-15-14(16)10-13(11-17-15)12-7-5-4-6-8-12/h4-8,13-16H,2-3,9-11H2,1H3/t13?,14-,15+/m0/s1. The minimum absolute atomic E-state index is 0.0508. The Hall–Kier alpha value is -0.860. The predicted molar refractivity (Wildman–Crippen MR) is 69.1 cm³/mol. The molecule has 0 radical (unpaired) electrons. The molecule has 1 aromatic carbocycles. The van der Waals surface area contributed by atoms with Gasteiger partial charge in [0.25, 0.3) is 0 Å². The van der Waals surface area contributed by atoms with E-state index in [9.17, 15) is 5.11 Å². The maximum atomic E-state index is 10.1. The molecule has 94 valence electrons.